The number of benzene rings is 1. The molecule has 0 saturated carbocycles. The summed E-state index contributed by atoms with van der Waals surface area (Å²) >= 11 is 0. The predicted molar refractivity (Wildman–Crippen MR) is 71.1 cm³/mol. The molecule has 1 aliphatic heterocycles. The highest BCUT2D eigenvalue weighted by Crippen LogP contribution is 2.11. The third-order valence-electron chi connectivity index (χ3n) is 3.37. The van der Waals surface area contributed by atoms with E-state index in [1.54, 1.807) is 0 Å². The predicted octanol–water partition coefficient (Wildman–Crippen LogP) is 3.04. The van der Waals surface area contributed by atoms with Crippen LogP contribution in [-0.4, -0.2) is 19.2 Å². The first kappa shape index (κ1) is 12.6. The van der Waals surface area contributed by atoms with Crippen LogP contribution < -0.4 is 5.32 Å². The van der Waals surface area contributed by atoms with Gasteiger partial charge in [0.25, 0.3) is 0 Å². The number of nitrogens with one attached hydrogen (secondary N) is 1. The van der Waals surface area contributed by atoms with Crippen molar-refractivity contribution in [3.8, 4) is 0 Å². The second-order valence-electron chi connectivity index (χ2n) is 4.98. The fourth-order valence-corrected chi connectivity index (χ4v) is 2.39. The van der Waals surface area contributed by atoms with E-state index in [4.69, 9.17) is 4.74 Å². The summed E-state index contributed by atoms with van der Waals surface area (Å²) < 4.78 is 5.74. The van der Waals surface area contributed by atoms with Crippen LogP contribution in [-0.2, 0) is 11.3 Å². The molecule has 2 heteroatoms. The summed E-state index contributed by atoms with van der Waals surface area (Å²) in [4.78, 5) is 0. The molecule has 0 amide bonds. The quantitative estimate of drug-likeness (QED) is 0.789. The van der Waals surface area contributed by atoms with Gasteiger partial charge in [-0.1, -0.05) is 36.2 Å². The van der Waals surface area contributed by atoms with Gasteiger partial charge in [-0.15, -0.1) is 0 Å². The molecule has 0 radical (unpaired) electrons. The maximum atomic E-state index is 5.74. The lowest BCUT2D eigenvalue weighted by Gasteiger charge is -2.23. The number of rotatable bonds is 5. The van der Waals surface area contributed by atoms with Crippen LogP contribution in [0.25, 0.3) is 0 Å². The van der Waals surface area contributed by atoms with Gasteiger partial charge in [-0.3, -0.25) is 0 Å². The normalized spacial score (nSPS) is 20.4. The van der Waals surface area contributed by atoms with Crippen LogP contribution in [0, 0.1) is 6.92 Å². The standard InChI is InChI=1S/C15H23NO/c1-13-5-4-6-14(11-13)12-17-10-8-15-7-2-3-9-16-15/h4-6,11,15-16H,2-3,7-10,12H2,1H3. The Morgan fingerprint density at radius 2 is 2.29 bits per heavy atom. The Morgan fingerprint density at radius 3 is 3.06 bits per heavy atom. The fraction of sp³-hybridized carbons (Fsp3) is 0.600. The zero-order valence-electron chi connectivity index (χ0n) is 10.7. The maximum Gasteiger partial charge on any atom is 0.0716 e. The number of aryl methyl sites for hydroxylation is 1. The molecule has 0 bridgehead atoms. The monoisotopic (exact) mass is 233 g/mol. The summed E-state index contributed by atoms with van der Waals surface area (Å²) in [6.07, 6.45) is 5.16. The van der Waals surface area contributed by atoms with Crippen molar-refractivity contribution in [2.45, 2.75) is 45.3 Å². The topological polar surface area (TPSA) is 21.3 Å². The van der Waals surface area contributed by atoms with Crippen molar-refractivity contribution in [2.24, 2.45) is 0 Å². The Morgan fingerprint density at radius 1 is 1.35 bits per heavy atom. The lowest BCUT2D eigenvalue weighted by molar-refractivity contribution is 0.108. The van der Waals surface area contributed by atoms with Crippen molar-refractivity contribution in [3.05, 3.63) is 35.4 Å². The third kappa shape index (κ3) is 4.49. The Balaban J connectivity index is 1.62. The molecule has 1 heterocycles. The molecular weight excluding hydrogens is 210 g/mol. The molecule has 1 aliphatic rings. The lowest BCUT2D eigenvalue weighted by Crippen LogP contribution is -2.34. The Bertz CT molecular complexity index is 331. The van der Waals surface area contributed by atoms with E-state index in [1.807, 2.05) is 0 Å². The van der Waals surface area contributed by atoms with E-state index >= 15 is 0 Å². The molecule has 1 N–H and O–H groups in total. The van der Waals surface area contributed by atoms with Crippen LogP contribution in [0.5, 0.6) is 0 Å². The summed E-state index contributed by atoms with van der Waals surface area (Å²) in [6, 6.07) is 9.22. The van der Waals surface area contributed by atoms with E-state index < -0.39 is 0 Å². The van der Waals surface area contributed by atoms with Gasteiger partial charge < -0.3 is 10.1 Å². The molecule has 1 fully saturated rings. The van der Waals surface area contributed by atoms with Gasteiger partial charge in [0.15, 0.2) is 0 Å². The average molecular weight is 233 g/mol. The molecule has 0 aliphatic carbocycles. The van der Waals surface area contributed by atoms with E-state index in [0.717, 1.165) is 19.6 Å². The highest BCUT2D eigenvalue weighted by atomic mass is 16.5. The maximum absolute atomic E-state index is 5.74. The first-order valence-electron chi connectivity index (χ1n) is 6.71. The van der Waals surface area contributed by atoms with Crippen LogP contribution in [0.2, 0.25) is 0 Å². The second kappa shape index (κ2) is 6.77. The first-order valence-corrected chi connectivity index (χ1v) is 6.71. The highest BCUT2D eigenvalue weighted by Gasteiger charge is 2.11. The molecule has 1 saturated heterocycles. The minimum absolute atomic E-state index is 0.682. The van der Waals surface area contributed by atoms with Gasteiger partial charge in [-0.05, 0) is 38.3 Å². The molecule has 0 aromatic heterocycles. The molecule has 1 unspecified atom stereocenters. The minimum atomic E-state index is 0.682. The second-order valence-corrected chi connectivity index (χ2v) is 4.98. The van der Waals surface area contributed by atoms with Gasteiger partial charge >= 0.3 is 0 Å². The number of ether oxygens (including phenoxy) is 1. The van der Waals surface area contributed by atoms with Gasteiger partial charge in [0.05, 0.1) is 6.61 Å². The largest absolute Gasteiger partial charge is 0.377 e. The van der Waals surface area contributed by atoms with Gasteiger partial charge in [-0.25, -0.2) is 0 Å². The number of piperidine rings is 1. The molecule has 2 rings (SSSR count). The van der Waals surface area contributed by atoms with Gasteiger partial charge in [0.1, 0.15) is 0 Å². The van der Waals surface area contributed by atoms with Crippen LogP contribution in [0.4, 0.5) is 0 Å². The Labute approximate surface area is 104 Å². The fourth-order valence-electron chi connectivity index (χ4n) is 2.39. The average Bonchev–Trinajstić information content (AvgIpc) is 2.36. The van der Waals surface area contributed by atoms with E-state index in [-0.39, 0.29) is 0 Å². The lowest BCUT2D eigenvalue weighted by atomic mass is 10.0. The number of hydrogen-bond donors (Lipinski definition) is 1. The van der Waals surface area contributed by atoms with Crippen molar-refractivity contribution >= 4 is 0 Å². The summed E-state index contributed by atoms with van der Waals surface area (Å²) in [5.74, 6) is 0. The summed E-state index contributed by atoms with van der Waals surface area (Å²) in [7, 11) is 0. The molecule has 17 heavy (non-hydrogen) atoms. The minimum Gasteiger partial charge on any atom is -0.377 e. The summed E-state index contributed by atoms with van der Waals surface area (Å²) in [5, 5.41) is 3.55. The van der Waals surface area contributed by atoms with Crippen LogP contribution in [0.15, 0.2) is 24.3 Å². The third-order valence-corrected chi connectivity index (χ3v) is 3.37. The van der Waals surface area contributed by atoms with Crippen molar-refractivity contribution in [2.75, 3.05) is 13.2 Å². The van der Waals surface area contributed by atoms with Gasteiger partial charge in [-0.2, -0.15) is 0 Å². The van der Waals surface area contributed by atoms with E-state index in [1.165, 1.54) is 36.9 Å². The molecule has 94 valence electrons. The SMILES string of the molecule is Cc1cccc(COCCC2CCCCN2)c1. The zero-order valence-corrected chi connectivity index (χ0v) is 10.7. The van der Waals surface area contributed by atoms with Crippen LogP contribution in [0.3, 0.4) is 0 Å². The van der Waals surface area contributed by atoms with Crippen molar-refractivity contribution in [1.82, 2.24) is 5.32 Å². The van der Waals surface area contributed by atoms with E-state index in [2.05, 4.69) is 36.5 Å². The Kier molecular flexibility index (Phi) is 5.02. The molecule has 1 aromatic carbocycles. The van der Waals surface area contributed by atoms with E-state index in [0.29, 0.717) is 6.04 Å². The van der Waals surface area contributed by atoms with Crippen molar-refractivity contribution in [1.29, 1.82) is 0 Å². The van der Waals surface area contributed by atoms with E-state index in [9.17, 15) is 0 Å². The van der Waals surface area contributed by atoms with Gasteiger partial charge in [0.2, 0.25) is 0 Å². The Hall–Kier alpha value is -0.860. The smallest absolute Gasteiger partial charge is 0.0716 e. The summed E-state index contributed by atoms with van der Waals surface area (Å²) in [5.41, 5.74) is 2.58. The summed E-state index contributed by atoms with van der Waals surface area (Å²) in [6.45, 7) is 4.91. The van der Waals surface area contributed by atoms with Crippen molar-refractivity contribution in [3.63, 3.8) is 0 Å². The van der Waals surface area contributed by atoms with Crippen LogP contribution in [0.1, 0.15) is 36.8 Å². The van der Waals surface area contributed by atoms with Gasteiger partial charge in [0, 0.05) is 12.6 Å². The molecule has 1 aromatic rings. The molecule has 1 atom stereocenters. The molecule has 0 spiro atoms. The molecule has 2 nitrogen and oxygen atoms in total. The highest BCUT2D eigenvalue weighted by molar-refractivity contribution is 5.21. The van der Waals surface area contributed by atoms with Crippen LogP contribution >= 0.6 is 0 Å². The molecular formula is C15H23NO. The van der Waals surface area contributed by atoms with Crippen molar-refractivity contribution < 1.29 is 4.74 Å². The number of hydrogen-bond acceptors (Lipinski definition) is 2. The first-order chi connectivity index (χ1) is 8.34. The zero-order chi connectivity index (χ0) is 11.9.